The molecule has 5 heterocycles. The smallest absolute Gasteiger partial charge is 0.399 e. The number of nitrogens with zero attached hydrogens (tertiary/aromatic N) is 4. The summed E-state index contributed by atoms with van der Waals surface area (Å²) in [5.74, 6) is -2.72. The molecule has 0 radical (unpaired) electrons. The van der Waals surface area contributed by atoms with Crippen molar-refractivity contribution in [3.63, 3.8) is 0 Å². The summed E-state index contributed by atoms with van der Waals surface area (Å²) in [6, 6.07) is 22.5. The Balaban J connectivity index is 0.756. The van der Waals surface area contributed by atoms with E-state index in [9.17, 15) is 57.0 Å². The number of likely N-dealkylation sites (tertiary alicyclic amines) is 1. The number of morpholine rings is 1. The number of unbranched alkanes of at least 4 members (excludes halogenated alkanes) is 4. The molecule has 0 aliphatic carbocycles. The molecule has 6 aromatic rings. The first-order valence-corrected chi connectivity index (χ1v) is 35.3. The van der Waals surface area contributed by atoms with Gasteiger partial charge in [-0.25, -0.2) is 4.98 Å². The fourth-order valence-electron chi connectivity index (χ4n) is 12.2. The van der Waals surface area contributed by atoms with Crippen molar-refractivity contribution in [1.29, 1.82) is 0 Å². The molecule has 4 unspecified atom stereocenters. The highest BCUT2D eigenvalue weighted by Gasteiger charge is 2.51. The maximum Gasteiger partial charge on any atom is 0.399 e. The number of aliphatic hydroxyl groups is 1. The van der Waals surface area contributed by atoms with Crippen molar-refractivity contribution < 1.29 is 71.3 Å². The number of amides is 7. The number of nitrogens with one attached hydrogen (secondary N) is 4. The summed E-state index contributed by atoms with van der Waals surface area (Å²) in [4.78, 5) is 127. The highest BCUT2D eigenvalue weighted by molar-refractivity contribution is 7.52. The van der Waals surface area contributed by atoms with Crippen LogP contribution in [0.3, 0.4) is 0 Å². The van der Waals surface area contributed by atoms with E-state index >= 15 is 4.79 Å². The summed E-state index contributed by atoms with van der Waals surface area (Å²) in [5, 5.41) is 22.6. The maximum atomic E-state index is 15.2. The molecular formula is C69H85F2N8O13PS2. The Bertz CT molecular complexity index is 3810. The summed E-state index contributed by atoms with van der Waals surface area (Å²) in [6.07, 6.45) is 2.55. The number of β-amino-alcohol motifs (C(OH)–C–C–N with tert-alkyl or cyclic N) is 1. The number of hydrogen-bond acceptors (Lipinski definition) is 14. The third kappa shape index (κ3) is 17.6. The molecular weight excluding hydrogens is 1280 g/mol. The molecule has 7 atom stereocenters. The molecule has 21 nitrogen and oxygen atoms in total. The third-order valence-corrected chi connectivity index (χ3v) is 20.7. The molecule has 3 aliphatic rings. The summed E-state index contributed by atoms with van der Waals surface area (Å²) < 4.78 is 53.5. The number of ether oxygens (including phenoxy) is 2. The van der Waals surface area contributed by atoms with Gasteiger partial charge in [-0.15, -0.1) is 22.7 Å². The number of rotatable bonds is 24. The Hall–Kier alpha value is -7.51. The Kier molecular flexibility index (Phi) is 22.9. The van der Waals surface area contributed by atoms with Crippen molar-refractivity contribution in [3.8, 4) is 16.2 Å². The first-order chi connectivity index (χ1) is 44.9. The van der Waals surface area contributed by atoms with Crippen molar-refractivity contribution in [1.82, 2.24) is 41.0 Å². The fraction of sp³-hybridized carbons (Fsp3) is 0.478. The maximum absolute atomic E-state index is 15.2. The molecule has 2 fully saturated rings. The Morgan fingerprint density at radius 2 is 1.46 bits per heavy atom. The van der Waals surface area contributed by atoms with E-state index in [-0.39, 0.29) is 98.6 Å². The lowest BCUT2D eigenvalue weighted by molar-refractivity contribution is -0.153. The Labute approximate surface area is 559 Å². The van der Waals surface area contributed by atoms with Gasteiger partial charge < -0.3 is 60.3 Å². The van der Waals surface area contributed by atoms with Crippen LogP contribution in [0.25, 0.3) is 20.5 Å². The summed E-state index contributed by atoms with van der Waals surface area (Å²) >= 11 is 2.50. The molecule has 0 saturated carbocycles. The zero-order valence-corrected chi connectivity index (χ0v) is 57.2. The van der Waals surface area contributed by atoms with Gasteiger partial charge in [0, 0.05) is 55.7 Å². The van der Waals surface area contributed by atoms with Gasteiger partial charge in [0.2, 0.25) is 29.5 Å². The average Bonchev–Trinajstić information content (AvgIpc) is 1.47. The van der Waals surface area contributed by atoms with Gasteiger partial charge in [0.25, 0.3) is 11.8 Å². The van der Waals surface area contributed by atoms with Crippen molar-refractivity contribution >= 4 is 81.7 Å². The van der Waals surface area contributed by atoms with E-state index in [1.165, 1.54) is 21.9 Å². The minimum Gasteiger partial charge on any atom is -0.484 e. The summed E-state index contributed by atoms with van der Waals surface area (Å²) in [5.41, 5.74) is -0.0835. The van der Waals surface area contributed by atoms with Crippen LogP contribution < -0.4 is 26.0 Å². The number of thiazole rings is 1. The minimum absolute atomic E-state index is 0.0373. The monoisotopic (exact) mass is 1370 g/mol. The van der Waals surface area contributed by atoms with Gasteiger partial charge in [-0.3, -0.25) is 38.1 Å². The molecule has 510 valence electrons. The quantitative estimate of drug-likeness (QED) is 0.0220. The molecule has 7 amide bonds. The highest BCUT2D eigenvalue weighted by Crippen LogP contribution is 2.59. The predicted molar refractivity (Wildman–Crippen MR) is 357 cm³/mol. The van der Waals surface area contributed by atoms with Gasteiger partial charge in [0.05, 0.1) is 46.3 Å². The molecule has 3 aliphatic heterocycles. The van der Waals surface area contributed by atoms with E-state index in [0.29, 0.717) is 35.4 Å². The van der Waals surface area contributed by atoms with E-state index in [2.05, 4.69) is 26.3 Å². The van der Waals surface area contributed by atoms with Gasteiger partial charge >= 0.3 is 13.3 Å². The number of thiophene rings is 1. The first-order valence-electron chi connectivity index (χ1n) is 32.0. The summed E-state index contributed by atoms with van der Waals surface area (Å²) in [7, 11) is -5.87. The second kappa shape index (κ2) is 30.3. The zero-order valence-electron chi connectivity index (χ0n) is 54.7. The number of hydrogen-bond donors (Lipinski definition) is 7. The van der Waals surface area contributed by atoms with Crippen LogP contribution >= 0.6 is 30.3 Å². The first kappa shape index (κ1) is 71.8. The lowest BCUT2D eigenvalue weighted by atomic mass is 9.84. The number of aromatic nitrogens is 1. The van der Waals surface area contributed by atoms with Gasteiger partial charge in [-0.1, -0.05) is 128 Å². The minimum atomic E-state index is -5.87. The standard InChI is InChI=1S/C69H85F2N8O13PS2/c1-41(43-20-22-45(23-21-43)59-42(2)73-40-94-59)74-62(83)52-35-50(80)37-79(52)65(86)60(67(3,4)5)75-57(81)19-15-10-9-11-16-28-72-58(82)39-92-51-26-24-46-33-53(64(85)77-29-30-91-54(38-77)44-17-13-12-14-18-44)78(36-48(46)32-51)66(87)61(68(6,7)8)76-63(84)56-34-47-31-49(25-27-55(47)95-56)69(70,71)93(88,89)90/h12-14,17-18,20-27,31-32,34,40-41,50,52-54,60-61,80H,9-11,15-16,19,28-30,33,35-39H2,1-8H3,(H,72,82)(H,74,83)(H,75,81)(H,76,84)(H2,88,89,90)/t41-,50+,52-,53?,54?,60?,61?/m0/s1. The van der Waals surface area contributed by atoms with Gasteiger partial charge in [0.1, 0.15) is 36.0 Å². The third-order valence-electron chi connectivity index (χ3n) is 17.6. The van der Waals surface area contributed by atoms with Crippen LogP contribution in [0.1, 0.15) is 149 Å². The van der Waals surface area contributed by atoms with E-state index in [1.54, 1.807) is 60.7 Å². The average molecular weight is 1370 g/mol. The van der Waals surface area contributed by atoms with E-state index < -0.39 is 83.7 Å². The summed E-state index contributed by atoms with van der Waals surface area (Å²) in [6.45, 7) is 15.3. The highest BCUT2D eigenvalue weighted by atomic mass is 32.1. The number of carbonyl (C=O) groups excluding carboxylic acids is 7. The lowest BCUT2D eigenvalue weighted by Gasteiger charge is -2.43. The number of carbonyl (C=O) groups is 7. The molecule has 4 aromatic carbocycles. The number of alkyl halides is 2. The van der Waals surface area contributed by atoms with Crippen LogP contribution in [-0.4, -0.2) is 146 Å². The van der Waals surface area contributed by atoms with Crippen LogP contribution in [0.15, 0.2) is 103 Å². The normalized spacial score (nSPS) is 18.7. The number of halogens is 2. The number of aryl methyl sites for hydroxylation is 1. The zero-order chi connectivity index (χ0) is 68.7. The van der Waals surface area contributed by atoms with Crippen LogP contribution in [-0.2, 0) is 56.7 Å². The van der Waals surface area contributed by atoms with Gasteiger partial charge in [0.15, 0.2) is 6.61 Å². The van der Waals surface area contributed by atoms with Crippen LogP contribution in [0.5, 0.6) is 5.75 Å². The van der Waals surface area contributed by atoms with E-state index in [0.717, 1.165) is 75.6 Å². The fourth-order valence-corrected chi connectivity index (χ4v) is 14.4. The molecule has 7 N–H and O–H groups in total. The second-order valence-electron chi connectivity index (χ2n) is 26.9. The van der Waals surface area contributed by atoms with Gasteiger partial charge in [-0.05, 0) is 101 Å². The van der Waals surface area contributed by atoms with E-state index in [1.807, 2.05) is 89.2 Å². The molecule has 2 saturated heterocycles. The molecule has 2 aromatic heterocycles. The van der Waals surface area contributed by atoms with Crippen LogP contribution in [0, 0.1) is 17.8 Å². The largest absolute Gasteiger partial charge is 0.484 e. The van der Waals surface area contributed by atoms with Crippen molar-refractivity contribution in [2.75, 3.05) is 39.4 Å². The Morgan fingerprint density at radius 1 is 0.779 bits per heavy atom. The lowest BCUT2D eigenvalue weighted by Crippen LogP contribution is -2.61. The number of fused-ring (bicyclic) bond motifs is 2. The predicted octanol–water partition coefficient (Wildman–Crippen LogP) is 9.46. The van der Waals surface area contributed by atoms with Crippen molar-refractivity contribution in [2.45, 2.75) is 161 Å². The number of aliphatic hydroxyl groups excluding tert-OH is 1. The molecule has 26 heteroatoms. The van der Waals surface area contributed by atoms with Crippen molar-refractivity contribution in [2.24, 2.45) is 10.8 Å². The molecule has 0 bridgehead atoms. The molecule has 9 rings (SSSR count). The molecule has 95 heavy (non-hydrogen) atoms. The van der Waals surface area contributed by atoms with Crippen LogP contribution in [0.2, 0.25) is 0 Å². The topological polar surface area (TPSA) is 286 Å². The Morgan fingerprint density at radius 3 is 2.15 bits per heavy atom. The van der Waals surface area contributed by atoms with E-state index in [4.69, 9.17) is 9.47 Å². The number of benzene rings is 4. The molecule has 0 spiro atoms. The van der Waals surface area contributed by atoms with Crippen LogP contribution in [0.4, 0.5) is 8.78 Å². The second-order valence-corrected chi connectivity index (χ2v) is 30.5. The van der Waals surface area contributed by atoms with Crippen molar-refractivity contribution in [3.05, 3.63) is 141 Å². The van der Waals surface area contributed by atoms with Gasteiger partial charge in [-0.2, -0.15) is 8.78 Å². The SMILES string of the molecule is Cc1ncsc1-c1ccc([C@H](C)NC(=O)[C@@H]2C[C@@H](O)CN2C(=O)C(NC(=O)CCCCCCCNC(=O)COc2ccc3c(c2)CN(C(=O)C(NC(=O)c2cc4cc(C(F)(F)P(=O)(O)O)ccc4s2)C(C)(C)C)C(C(=O)N2CCOC(c4ccccc4)C2)C3)C(C)(C)C)cc1.